The smallest absolute Gasteiger partial charge is 0.234 e. The third-order valence-corrected chi connectivity index (χ3v) is 10.8. The Morgan fingerprint density at radius 1 is 0.424 bits per heavy atom. The van der Waals surface area contributed by atoms with Crippen LogP contribution in [0.15, 0.2) is 195 Å². The number of aromatic nitrogens is 13. The number of nitrogens with one attached hydrogen (secondary N) is 8. The zero-order chi connectivity index (χ0) is 61.4. The van der Waals surface area contributed by atoms with Gasteiger partial charge in [-0.3, -0.25) is 48.2 Å². The summed E-state index contributed by atoms with van der Waals surface area (Å²) >= 11 is 0. The summed E-state index contributed by atoms with van der Waals surface area (Å²) in [5.74, 6) is 0.766. The van der Waals surface area contributed by atoms with Crippen molar-refractivity contribution < 1.29 is 43.2 Å². The van der Waals surface area contributed by atoms with E-state index in [9.17, 15) is 43.2 Å². The number of nitrogens with zero attached hydrogens (tertiary/aromatic N) is 5. The second-order valence-corrected chi connectivity index (χ2v) is 17.2. The SMILES string of the molecule is Cc1cc(C)c(C=O)[nH]1.Cc1cc(C=O)n[nH]1.Cc1cnc(C=O)[nH]1.O=Cc1[nH]ccc1-c1ccccc1.O=Cc1cc(-c2ccccc2)c[nH]1.O=Cc1ccc(-c2ccccc2)[nH]1.O=Cc1ccc[nH]1.O=Cc1ncc[nH]1.O=Cn1cccn1. The van der Waals surface area contributed by atoms with Gasteiger partial charge in [0, 0.05) is 77.9 Å². The van der Waals surface area contributed by atoms with E-state index >= 15 is 0 Å². The first-order valence-electron chi connectivity index (χ1n) is 25.5. The van der Waals surface area contributed by atoms with Crippen molar-refractivity contribution in [1.29, 1.82) is 0 Å². The topological polar surface area (TPSA) is 336 Å². The molecule has 0 spiro atoms. The lowest BCUT2D eigenvalue weighted by Crippen LogP contribution is -1.91. The molecule has 0 aliphatic carbocycles. The molecule has 12 aromatic rings. The average molecular weight is 1140 g/mol. The summed E-state index contributed by atoms with van der Waals surface area (Å²) in [7, 11) is 0. The van der Waals surface area contributed by atoms with E-state index in [-0.39, 0.29) is 0 Å². The quantitative estimate of drug-likeness (QED) is 0.0528. The number of rotatable bonds is 12. The Labute approximate surface area is 487 Å². The highest BCUT2D eigenvalue weighted by Gasteiger charge is 2.04. The Morgan fingerprint density at radius 3 is 1.47 bits per heavy atom. The van der Waals surface area contributed by atoms with Crippen LogP contribution in [-0.2, 0) is 4.79 Å². The predicted molar refractivity (Wildman–Crippen MR) is 322 cm³/mol. The molecule has 0 saturated carbocycles. The molecule has 9 heterocycles. The Hall–Kier alpha value is -12.1. The van der Waals surface area contributed by atoms with Gasteiger partial charge in [-0.1, -0.05) is 91.0 Å². The molecule has 0 radical (unpaired) electrons. The van der Waals surface area contributed by atoms with Crippen molar-refractivity contribution in [1.82, 2.24) is 64.8 Å². The van der Waals surface area contributed by atoms with Crippen molar-refractivity contribution in [2.75, 3.05) is 0 Å². The van der Waals surface area contributed by atoms with Crippen molar-refractivity contribution in [2.24, 2.45) is 0 Å². The summed E-state index contributed by atoms with van der Waals surface area (Å²) in [5, 5.41) is 9.86. The molecular weight excluding hydrogens is 1080 g/mol. The van der Waals surface area contributed by atoms with Gasteiger partial charge in [0.25, 0.3) is 0 Å². The lowest BCUT2D eigenvalue weighted by Gasteiger charge is -1.97. The van der Waals surface area contributed by atoms with E-state index in [0.29, 0.717) is 71.1 Å². The molecule has 0 amide bonds. The van der Waals surface area contributed by atoms with Gasteiger partial charge >= 0.3 is 0 Å². The molecular formula is C63H61N13O9. The van der Waals surface area contributed by atoms with E-state index in [2.05, 4.69) is 60.2 Å². The van der Waals surface area contributed by atoms with E-state index in [1.165, 1.54) is 10.9 Å². The van der Waals surface area contributed by atoms with Crippen molar-refractivity contribution in [3.8, 4) is 33.5 Å². The Kier molecular flexibility index (Phi) is 29.1. The van der Waals surface area contributed by atoms with Gasteiger partial charge in [-0.05, 0) is 110 Å². The van der Waals surface area contributed by atoms with Gasteiger partial charge in [-0.2, -0.15) is 10.2 Å². The number of aldehydes is 8. The molecule has 0 aliphatic rings. The summed E-state index contributed by atoms with van der Waals surface area (Å²) in [6.45, 7) is 7.53. The summed E-state index contributed by atoms with van der Waals surface area (Å²) < 4.78 is 1.19. The maximum atomic E-state index is 10.6. The number of hydrogen-bond acceptors (Lipinski definition) is 13. The van der Waals surface area contributed by atoms with Crippen molar-refractivity contribution in [2.45, 2.75) is 27.7 Å². The largest absolute Gasteiger partial charge is 0.359 e. The van der Waals surface area contributed by atoms with Crippen LogP contribution >= 0.6 is 0 Å². The van der Waals surface area contributed by atoms with Crippen molar-refractivity contribution >= 4 is 56.7 Å². The lowest BCUT2D eigenvalue weighted by atomic mass is 10.1. The minimum absolute atomic E-state index is 0.375. The maximum Gasteiger partial charge on any atom is 0.234 e. The molecule has 0 aliphatic heterocycles. The summed E-state index contributed by atoms with van der Waals surface area (Å²) in [6.07, 6.45) is 20.0. The van der Waals surface area contributed by atoms with Gasteiger partial charge in [0.1, 0.15) is 5.69 Å². The first kappa shape index (κ1) is 65.4. The van der Waals surface area contributed by atoms with Gasteiger partial charge in [0.05, 0.1) is 28.5 Å². The molecule has 0 fully saturated rings. The summed E-state index contributed by atoms with van der Waals surface area (Å²) in [5.41, 5.74) is 13.7. The highest BCUT2D eigenvalue weighted by atomic mass is 16.1. The lowest BCUT2D eigenvalue weighted by molar-refractivity contribution is 0.110. The van der Waals surface area contributed by atoms with Gasteiger partial charge in [-0.25, -0.2) is 14.6 Å². The zero-order valence-corrected chi connectivity index (χ0v) is 46.6. The van der Waals surface area contributed by atoms with Crippen molar-refractivity contribution in [3.05, 3.63) is 264 Å². The standard InChI is InChI=1S/3C11H9NO.C7H9NO.2C5H6N2O.C5H5NO.2C4H4N2O/c13-8-11-6-10(7-12-11)9-4-2-1-3-5-9;13-8-11-10(6-7-12-11)9-4-2-1-3-5-9;13-8-10-6-7-11(12-10)9-4-2-1-3-5-9;1-5-3-6(2)8-7(5)4-9;1-4-2-6-5(3-8)7-4;1-4-2-5(3-8)7-6-4;7-4-5-2-1-3-6-5;7-3-4-5-1-2-6-4;7-4-6-3-1-2-5-6/h3*1-8,12H;3-4,8H,1-2H3;2*2-3H,1H3,(H,6,7);1-4,6H;1-3H,(H,5,6);1-4H. The fraction of sp³-hybridized carbons (Fsp3) is 0.0635. The predicted octanol–water partition coefficient (Wildman–Crippen LogP) is 11.0. The molecule has 432 valence electrons. The van der Waals surface area contributed by atoms with Crippen LogP contribution in [0.25, 0.3) is 33.5 Å². The minimum Gasteiger partial charge on any atom is -0.359 e. The molecule has 0 bridgehead atoms. The number of H-pyrrole nitrogens is 8. The molecule has 8 N–H and O–H groups in total. The average Bonchev–Trinajstić information content (AvgIpc) is 4.47. The number of aryl methyl sites for hydroxylation is 4. The van der Waals surface area contributed by atoms with Gasteiger partial charge in [-0.15, -0.1) is 0 Å². The van der Waals surface area contributed by atoms with Gasteiger partial charge in [0.2, 0.25) is 6.41 Å². The van der Waals surface area contributed by atoms with Crippen LogP contribution in [0.2, 0.25) is 0 Å². The van der Waals surface area contributed by atoms with E-state index < -0.39 is 0 Å². The zero-order valence-electron chi connectivity index (χ0n) is 46.6. The molecule has 3 aromatic carbocycles. The van der Waals surface area contributed by atoms with E-state index in [4.69, 9.17) is 0 Å². The van der Waals surface area contributed by atoms with Gasteiger partial charge in [0.15, 0.2) is 61.9 Å². The van der Waals surface area contributed by atoms with Gasteiger partial charge < -0.3 is 34.9 Å². The molecule has 0 unspecified atom stereocenters. The summed E-state index contributed by atoms with van der Waals surface area (Å²) in [6, 6.07) is 45.9. The third kappa shape index (κ3) is 24.1. The highest BCUT2D eigenvalue weighted by Crippen LogP contribution is 2.21. The molecule has 0 saturated heterocycles. The van der Waals surface area contributed by atoms with E-state index in [1.54, 1.807) is 67.5 Å². The normalized spacial score (nSPS) is 9.36. The number of imidazole rings is 2. The van der Waals surface area contributed by atoms with Crippen LogP contribution in [0.3, 0.4) is 0 Å². The third-order valence-electron chi connectivity index (χ3n) is 10.8. The molecule has 12 rings (SSSR count). The fourth-order valence-corrected chi connectivity index (χ4v) is 6.86. The first-order chi connectivity index (χ1) is 41.4. The van der Waals surface area contributed by atoms with Crippen LogP contribution in [0.4, 0.5) is 0 Å². The number of carbonyl (C=O) groups is 9. The summed E-state index contributed by atoms with van der Waals surface area (Å²) in [4.78, 5) is 118. The van der Waals surface area contributed by atoms with Crippen LogP contribution in [0.1, 0.15) is 107 Å². The molecule has 22 nitrogen and oxygen atoms in total. The number of aromatic amines is 8. The van der Waals surface area contributed by atoms with Crippen LogP contribution in [0.5, 0.6) is 0 Å². The van der Waals surface area contributed by atoms with Crippen LogP contribution in [0, 0.1) is 27.7 Å². The van der Waals surface area contributed by atoms with E-state index in [0.717, 1.165) is 87.6 Å². The second-order valence-electron chi connectivity index (χ2n) is 17.2. The first-order valence-corrected chi connectivity index (χ1v) is 25.5. The van der Waals surface area contributed by atoms with E-state index in [1.807, 2.05) is 149 Å². The highest BCUT2D eigenvalue weighted by molar-refractivity contribution is 5.85. The number of carbonyl (C=O) groups excluding carboxylic acids is 9. The molecule has 22 heteroatoms. The number of benzene rings is 3. The molecule has 0 atom stereocenters. The Balaban J connectivity index is 0.000000207. The molecule has 85 heavy (non-hydrogen) atoms. The van der Waals surface area contributed by atoms with Crippen LogP contribution in [-0.4, -0.2) is 122 Å². The second kappa shape index (κ2) is 37.7. The number of hydrogen-bond donors (Lipinski definition) is 8. The Morgan fingerprint density at radius 2 is 1.08 bits per heavy atom. The van der Waals surface area contributed by atoms with Crippen molar-refractivity contribution in [3.63, 3.8) is 0 Å². The Bertz CT molecular complexity index is 3580. The maximum absolute atomic E-state index is 10.6. The molecule has 9 aromatic heterocycles. The van der Waals surface area contributed by atoms with Crippen LogP contribution < -0.4 is 0 Å². The fourth-order valence-electron chi connectivity index (χ4n) is 6.86. The monoisotopic (exact) mass is 1140 g/mol. The minimum atomic E-state index is 0.375.